The third-order valence-corrected chi connectivity index (χ3v) is 5.74. The molecule has 0 aliphatic carbocycles. The van der Waals surface area contributed by atoms with Gasteiger partial charge in [-0.2, -0.15) is 8.42 Å². The SMILES string of the molecule is CCC(C)N(Cc1cccc(OS(=O)(=O)CC)c1)C(=O)c1ccccc1C. The molecular formula is C21H27NO4S. The summed E-state index contributed by atoms with van der Waals surface area (Å²) in [5, 5.41) is 0. The number of carbonyl (C=O) groups excluding carboxylic acids is 1. The van der Waals surface area contributed by atoms with Gasteiger partial charge in [0.25, 0.3) is 5.91 Å². The van der Waals surface area contributed by atoms with E-state index in [-0.39, 0.29) is 23.5 Å². The Morgan fingerprint density at radius 2 is 1.81 bits per heavy atom. The number of rotatable bonds is 8. The molecule has 1 amide bonds. The van der Waals surface area contributed by atoms with Gasteiger partial charge in [0, 0.05) is 18.2 Å². The van der Waals surface area contributed by atoms with Crippen LogP contribution >= 0.6 is 0 Å². The van der Waals surface area contributed by atoms with Crippen LogP contribution in [0.4, 0.5) is 0 Å². The van der Waals surface area contributed by atoms with Gasteiger partial charge in [-0.1, -0.05) is 37.3 Å². The average Bonchev–Trinajstić information content (AvgIpc) is 2.65. The van der Waals surface area contributed by atoms with Crippen molar-refractivity contribution in [3.8, 4) is 5.75 Å². The van der Waals surface area contributed by atoms with Crippen LogP contribution in [0.2, 0.25) is 0 Å². The van der Waals surface area contributed by atoms with Crippen LogP contribution in [0.25, 0.3) is 0 Å². The summed E-state index contributed by atoms with van der Waals surface area (Å²) in [6, 6.07) is 14.5. The highest BCUT2D eigenvalue weighted by Gasteiger charge is 2.22. The third-order valence-electron chi connectivity index (χ3n) is 4.59. The predicted octanol–water partition coefficient (Wildman–Crippen LogP) is 4.16. The van der Waals surface area contributed by atoms with E-state index in [1.807, 2.05) is 56.0 Å². The minimum absolute atomic E-state index is 0.0325. The second-order valence-corrected chi connectivity index (χ2v) is 8.44. The molecule has 0 aliphatic rings. The molecule has 2 aromatic rings. The van der Waals surface area contributed by atoms with Gasteiger partial charge >= 0.3 is 10.1 Å². The monoisotopic (exact) mass is 389 g/mol. The van der Waals surface area contributed by atoms with Crippen molar-refractivity contribution in [1.29, 1.82) is 0 Å². The fourth-order valence-corrected chi connectivity index (χ4v) is 3.23. The first-order valence-electron chi connectivity index (χ1n) is 9.15. The largest absolute Gasteiger partial charge is 0.382 e. The highest BCUT2D eigenvalue weighted by Crippen LogP contribution is 2.21. The van der Waals surface area contributed by atoms with Crippen LogP contribution in [-0.2, 0) is 16.7 Å². The molecule has 0 N–H and O–H groups in total. The van der Waals surface area contributed by atoms with E-state index in [9.17, 15) is 13.2 Å². The van der Waals surface area contributed by atoms with Gasteiger partial charge in [0.15, 0.2) is 0 Å². The smallest absolute Gasteiger partial charge is 0.308 e. The van der Waals surface area contributed by atoms with Crippen molar-refractivity contribution in [2.45, 2.75) is 46.7 Å². The van der Waals surface area contributed by atoms with Gasteiger partial charge in [-0.3, -0.25) is 4.79 Å². The van der Waals surface area contributed by atoms with Gasteiger partial charge in [-0.15, -0.1) is 0 Å². The van der Waals surface area contributed by atoms with Crippen molar-refractivity contribution in [1.82, 2.24) is 4.90 Å². The maximum atomic E-state index is 13.1. The molecule has 27 heavy (non-hydrogen) atoms. The number of amides is 1. The van der Waals surface area contributed by atoms with Gasteiger partial charge < -0.3 is 9.08 Å². The van der Waals surface area contributed by atoms with Crippen molar-refractivity contribution in [3.05, 3.63) is 65.2 Å². The Kier molecular flexibility index (Phi) is 7.02. The summed E-state index contributed by atoms with van der Waals surface area (Å²) in [6.45, 7) is 7.89. The Morgan fingerprint density at radius 1 is 1.11 bits per heavy atom. The Morgan fingerprint density at radius 3 is 2.44 bits per heavy atom. The van der Waals surface area contributed by atoms with Crippen molar-refractivity contribution in [3.63, 3.8) is 0 Å². The summed E-state index contributed by atoms with van der Waals surface area (Å²) in [7, 11) is -3.58. The lowest BCUT2D eigenvalue weighted by Gasteiger charge is -2.29. The Balaban J connectivity index is 2.29. The molecule has 0 aromatic heterocycles. The van der Waals surface area contributed by atoms with Crippen LogP contribution in [0.5, 0.6) is 5.75 Å². The first-order chi connectivity index (χ1) is 12.8. The molecule has 0 bridgehead atoms. The molecule has 1 unspecified atom stereocenters. The molecule has 6 heteroatoms. The van der Waals surface area contributed by atoms with Crippen molar-refractivity contribution >= 4 is 16.0 Å². The van der Waals surface area contributed by atoms with E-state index in [1.54, 1.807) is 18.2 Å². The minimum Gasteiger partial charge on any atom is -0.382 e. The van der Waals surface area contributed by atoms with Gasteiger partial charge in [-0.25, -0.2) is 0 Å². The predicted molar refractivity (Wildman–Crippen MR) is 107 cm³/mol. The van der Waals surface area contributed by atoms with Crippen molar-refractivity contribution in [2.75, 3.05) is 5.75 Å². The lowest BCUT2D eigenvalue weighted by Crippen LogP contribution is -2.38. The first kappa shape index (κ1) is 21.0. The normalized spacial score (nSPS) is 12.4. The summed E-state index contributed by atoms with van der Waals surface area (Å²) < 4.78 is 28.5. The summed E-state index contributed by atoms with van der Waals surface area (Å²) in [6.07, 6.45) is 0.817. The van der Waals surface area contributed by atoms with Crippen LogP contribution in [0.1, 0.15) is 48.7 Å². The summed E-state index contributed by atoms with van der Waals surface area (Å²) in [4.78, 5) is 14.9. The zero-order valence-corrected chi connectivity index (χ0v) is 17.1. The minimum atomic E-state index is -3.58. The summed E-state index contributed by atoms with van der Waals surface area (Å²) >= 11 is 0. The fraction of sp³-hybridized carbons (Fsp3) is 0.381. The molecule has 146 valence electrons. The van der Waals surface area contributed by atoms with E-state index in [0.717, 1.165) is 17.5 Å². The fourth-order valence-electron chi connectivity index (χ4n) is 2.71. The standard InChI is InChI=1S/C21H27NO4S/c1-5-17(4)22(21(23)20-13-8-7-10-16(20)3)15-18-11-9-12-19(14-18)26-27(24,25)6-2/h7-14,17H,5-6,15H2,1-4H3. The zero-order valence-electron chi connectivity index (χ0n) is 16.3. The Labute approximate surface area is 162 Å². The topological polar surface area (TPSA) is 63.7 Å². The molecule has 0 saturated carbocycles. The van der Waals surface area contributed by atoms with Gasteiger partial charge in [0.05, 0.1) is 5.75 Å². The zero-order chi connectivity index (χ0) is 20.0. The lowest BCUT2D eigenvalue weighted by atomic mass is 10.1. The summed E-state index contributed by atoms with van der Waals surface area (Å²) in [5.41, 5.74) is 2.43. The van der Waals surface area contributed by atoms with Crippen LogP contribution in [0, 0.1) is 6.92 Å². The quantitative estimate of drug-likeness (QED) is 0.636. The molecule has 0 spiro atoms. The van der Waals surface area contributed by atoms with Crippen LogP contribution in [-0.4, -0.2) is 31.0 Å². The lowest BCUT2D eigenvalue weighted by molar-refractivity contribution is 0.0670. The molecule has 0 fully saturated rings. The third kappa shape index (κ3) is 5.57. The summed E-state index contributed by atoms with van der Waals surface area (Å²) in [5.74, 6) is 0.138. The number of nitrogens with zero attached hydrogens (tertiary/aromatic N) is 1. The van der Waals surface area contributed by atoms with E-state index in [2.05, 4.69) is 0 Å². The first-order valence-corrected chi connectivity index (χ1v) is 10.7. The number of hydrogen-bond donors (Lipinski definition) is 0. The Hall–Kier alpha value is -2.34. The average molecular weight is 390 g/mol. The highest BCUT2D eigenvalue weighted by molar-refractivity contribution is 7.87. The highest BCUT2D eigenvalue weighted by atomic mass is 32.2. The molecule has 0 radical (unpaired) electrons. The maximum absolute atomic E-state index is 13.1. The van der Waals surface area contributed by atoms with E-state index < -0.39 is 10.1 Å². The van der Waals surface area contributed by atoms with Crippen LogP contribution in [0.15, 0.2) is 48.5 Å². The van der Waals surface area contributed by atoms with Gasteiger partial charge in [-0.05, 0) is 56.5 Å². The Bertz CT molecular complexity index is 893. The van der Waals surface area contributed by atoms with Crippen LogP contribution in [0.3, 0.4) is 0 Å². The van der Waals surface area contributed by atoms with Crippen LogP contribution < -0.4 is 4.18 Å². The number of hydrogen-bond acceptors (Lipinski definition) is 4. The molecule has 5 nitrogen and oxygen atoms in total. The maximum Gasteiger partial charge on any atom is 0.308 e. The van der Waals surface area contributed by atoms with E-state index >= 15 is 0 Å². The van der Waals surface area contributed by atoms with Gasteiger partial charge in [0.2, 0.25) is 0 Å². The van der Waals surface area contributed by atoms with E-state index in [1.165, 1.54) is 6.92 Å². The van der Waals surface area contributed by atoms with Gasteiger partial charge in [0.1, 0.15) is 5.75 Å². The molecule has 1 atom stereocenters. The second kappa shape index (κ2) is 9.04. The molecule has 0 heterocycles. The second-order valence-electron chi connectivity index (χ2n) is 6.58. The van der Waals surface area contributed by atoms with Crippen molar-refractivity contribution in [2.24, 2.45) is 0 Å². The number of carbonyl (C=O) groups is 1. The molecule has 0 aliphatic heterocycles. The molecule has 2 aromatic carbocycles. The molecular weight excluding hydrogens is 362 g/mol. The van der Waals surface area contributed by atoms with E-state index in [4.69, 9.17) is 4.18 Å². The number of benzene rings is 2. The molecule has 2 rings (SSSR count). The molecule has 0 saturated heterocycles. The van der Waals surface area contributed by atoms with E-state index in [0.29, 0.717) is 12.1 Å². The number of aryl methyl sites for hydroxylation is 1. The van der Waals surface area contributed by atoms with Crippen molar-refractivity contribution < 1.29 is 17.4 Å².